The van der Waals surface area contributed by atoms with Crippen LogP contribution in [0, 0.1) is 10.1 Å². The highest BCUT2D eigenvalue weighted by atomic mass is 35.5. The highest BCUT2D eigenvalue weighted by molar-refractivity contribution is 7.99. The maximum Gasteiger partial charge on any atom is 0.292 e. The lowest BCUT2D eigenvalue weighted by Gasteiger charge is -2.08. The van der Waals surface area contributed by atoms with E-state index < -0.39 is 4.92 Å². The molecule has 3 rings (SSSR count). The average molecular weight is 496 g/mol. The van der Waals surface area contributed by atoms with Crippen molar-refractivity contribution in [3.05, 3.63) is 68.4 Å². The quantitative estimate of drug-likeness (QED) is 0.186. The third-order valence-electron chi connectivity index (χ3n) is 4.33. The molecular weight excluding hydrogens is 477 g/mol. The van der Waals surface area contributed by atoms with Crippen LogP contribution in [0.1, 0.15) is 12.2 Å². The first-order chi connectivity index (χ1) is 15.3. The van der Waals surface area contributed by atoms with Crippen molar-refractivity contribution in [2.24, 2.45) is 7.05 Å². The van der Waals surface area contributed by atoms with E-state index in [1.807, 2.05) is 7.05 Å². The summed E-state index contributed by atoms with van der Waals surface area (Å²) >= 11 is 13.2. The van der Waals surface area contributed by atoms with E-state index in [4.69, 9.17) is 27.9 Å². The summed E-state index contributed by atoms with van der Waals surface area (Å²) in [5, 5.41) is 23.5. The van der Waals surface area contributed by atoms with E-state index >= 15 is 0 Å². The topological polar surface area (TPSA) is 112 Å². The second-order valence-electron chi connectivity index (χ2n) is 6.60. The Kier molecular flexibility index (Phi) is 8.32. The number of thioether (sulfide) groups is 1. The van der Waals surface area contributed by atoms with Crippen LogP contribution in [0.25, 0.3) is 0 Å². The Morgan fingerprint density at radius 2 is 2.03 bits per heavy atom. The summed E-state index contributed by atoms with van der Waals surface area (Å²) in [6.45, 7) is 0.439. The lowest BCUT2D eigenvalue weighted by molar-refractivity contribution is -0.383. The summed E-state index contributed by atoms with van der Waals surface area (Å²) in [6, 6.07) is 11.0. The summed E-state index contributed by atoms with van der Waals surface area (Å²) in [6.07, 6.45) is 1.31. The predicted molar refractivity (Wildman–Crippen MR) is 124 cm³/mol. The van der Waals surface area contributed by atoms with Gasteiger partial charge in [-0.2, -0.15) is 0 Å². The van der Waals surface area contributed by atoms with Crippen molar-refractivity contribution in [2.75, 3.05) is 17.7 Å². The second-order valence-corrected chi connectivity index (χ2v) is 8.38. The number of aromatic nitrogens is 3. The molecular formula is C20H19Cl2N5O4S. The fraction of sp³-hybridized carbons (Fsp3) is 0.250. The number of para-hydroxylation sites is 2. The van der Waals surface area contributed by atoms with Crippen LogP contribution in [0.2, 0.25) is 10.0 Å². The van der Waals surface area contributed by atoms with Crippen LogP contribution in [0.3, 0.4) is 0 Å². The van der Waals surface area contributed by atoms with Gasteiger partial charge in [0.05, 0.1) is 22.3 Å². The SMILES string of the molecule is Cn1c(CCCOc2ccc(Cl)cc2Cl)nnc1SCC(=O)Nc1ccccc1[N+](=O)[O-]. The lowest BCUT2D eigenvalue weighted by atomic mass is 10.2. The normalized spacial score (nSPS) is 10.7. The fourth-order valence-corrected chi connectivity index (χ4v) is 3.94. The van der Waals surface area contributed by atoms with Crippen LogP contribution < -0.4 is 10.1 Å². The number of benzene rings is 2. The Balaban J connectivity index is 1.47. The second kappa shape index (κ2) is 11.2. The van der Waals surface area contributed by atoms with Crippen molar-refractivity contribution in [3.8, 4) is 5.75 Å². The van der Waals surface area contributed by atoms with Crippen molar-refractivity contribution in [2.45, 2.75) is 18.0 Å². The number of rotatable bonds is 10. The monoisotopic (exact) mass is 495 g/mol. The zero-order valence-corrected chi connectivity index (χ0v) is 19.3. The molecule has 0 aliphatic rings. The molecule has 1 amide bonds. The number of hydrogen-bond acceptors (Lipinski definition) is 7. The summed E-state index contributed by atoms with van der Waals surface area (Å²) in [5.41, 5.74) is -0.00329. The molecule has 1 aromatic heterocycles. The number of hydrogen-bond donors (Lipinski definition) is 1. The molecule has 0 spiro atoms. The molecule has 12 heteroatoms. The Hall–Kier alpha value is -2.82. The molecule has 0 aliphatic carbocycles. The number of anilines is 1. The van der Waals surface area contributed by atoms with Crippen LogP contribution in [0.4, 0.5) is 11.4 Å². The Labute approximate surface area is 198 Å². The molecule has 9 nitrogen and oxygen atoms in total. The van der Waals surface area contributed by atoms with Crippen LogP contribution in [0.5, 0.6) is 5.75 Å². The summed E-state index contributed by atoms with van der Waals surface area (Å²) in [4.78, 5) is 22.7. The predicted octanol–water partition coefficient (Wildman–Crippen LogP) is 4.77. The first-order valence-electron chi connectivity index (χ1n) is 9.47. The fourth-order valence-electron chi connectivity index (χ4n) is 2.75. The molecule has 32 heavy (non-hydrogen) atoms. The molecule has 0 atom stereocenters. The van der Waals surface area contributed by atoms with E-state index in [1.54, 1.807) is 34.9 Å². The summed E-state index contributed by atoms with van der Waals surface area (Å²) in [5.74, 6) is 0.977. The van der Waals surface area contributed by atoms with Gasteiger partial charge in [0, 0.05) is 24.6 Å². The van der Waals surface area contributed by atoms with E-state index in [0.29, 0.717) is 40.4 Å². The molecule has 1 N–H and O–H groups in total. The van der Waals surface area contributed by atoms with Crippen LogP contribution in [-0.2, 0) is 18.3 Å². The average Bonchev–Trinajstić information content (AvgIpc) is 3.10. The Bertz CT molecular complexity index is 1130. The van der Waals surface area contributed by atoms with Gasteiger partial charge in [0.15, 0.2) is 5.16 Å². The van der Waals surface area contributed by atoms with Gasteiger partial charge in [-0.05, 0) is 30.7 Å². The number of aryl methyl sites for hydroxylation is 1. The number of nitrogens with one attached hydrogen (secondary N) is 1. The number of nitro groups is 1. The molecule has 2 aromatic carbocycles. The number of nitro benzene ring substituents is 1. The molecule has 0 saturated heterocycles. The van der Waals surface area contributed by atoms with Gasteiger partial charge in [0.2, 0.25) is 5.91 Å². The zero-order valence-electron chi connectivity index (χ0n) is 17.0. The van der Waals surface area contributed by atoms with Crippen molar-refractivity contribution in [3.63, 3.8) is 0 Å². The highest BCUT2D eigenvalue weighted by Crippen LogP contribution is 2.28. The molecule has 168 valence electrons. The van der Waals surface area contributed by atoms with Crippen LogP contribution in [0.15, 0.2) is 47.6 Å². The number of halogens is 2. The first-order valence-corrected chi connectivity index (χ1v) is 11.2. The standard InChI is InChI=1S/C20H19Cl2N5O4S/c1-26-18(7-4-10-31-17-9-8-13(21)11-14(17)22)24-25-20(26)32-12-19(28)23-15-5-2-3-6-16(15)27(29)30/h2-3,5-6,8-9,11H,4,7,10,12H2,1H3,(H,23,28). The number of carbonyl (C=O) groups excluding carboxylic acids is 1. The number of amides is 1. The van der Waals surface area contributed by atoms with Gasteiger partial charge in [0.25, 0.3) is 5.69 Å². The smallest absolute Gasteiger partial charge is 0.292 e. The van der Waals surface area contributed by atoms with Gasteiger partial charge in [-0.3, -0.25) is 14.9 Å². The summed E-state index contributed by atoms with van der Waals surface area (Å²) in [7, 11) is 1.81. The third-order valence-corrected chi connectivity index (χ3v) is 5.88. The molecule has 0 saturated carbocycles. The van der Waals surface area contributed by atoms with Gasteiger partial charge < -0.3 is 14.6 Å². The maximum absolute atomic E-state index is 12.2. The first kappa shape index (κ1) is 23.8. The molecule has 0 bridgehead atoms. The Morgan fingerprint density at radius 1 is 1.25 bits per heavy atom. The molecule has 0 radical (unpaired) electrons. The molecule has 3 aromatic rings. The van der Waals surface area contributed by atoms with Gasteiger partial charge >= 0.3 is 0 Å². The van der Waals surface area contributed by atoms with Crippen molar-refractivity contribution in [1.82, 2.24) is 14.8 Å². The zero-order chi connectivity index (χ0) is 23.1. The van der Waals surface area contributed by atoms with Gasteiger partial charge in [0.1, 0.15) is 17.3 Å². The minimum atomic E-state index is -0.539. The van der Waals surface area contributed by atoms with Gasteiger partial charge in [-0.25, -0.2) is 0 Å². The van der Waals surface area contributed by atoms with Gasteiger partial charge in [-0.1, -0.05) is 47.1 Å². The van der Waals surface area contributed by atoms with E-state index in [0.717, 1.165) is 5.82 Å². The Morgan fingerprint density at radius 3 is 2.78 bits per heavy atom. The summed E-state index contributed by atoms with van der Waals surface area (Å²) < 4.78 is 7.47. The number of carbonyl (C=O) groups is 1. The van der Waals surface area contributed by atoms with E-state index in [9.17, 15) is 14.9 Å². The van der Waals surface area contributed by atoms with Crippen LogP contribution >= 0.6 is 35.0 Å². The van der Waals surface area contributed by atoms with Crippen molar-refractivity contribution in [1.29, 1.82) is 0 Å². The van der Waals surface area contributed by atoms with Gasteiger partial charge in [-0.15, -0.1) is 10.2 Å². The third kappa shape index (κ3) is 6.35. The van der Waals surface area contributed by atoms with Crippen molar-refractivity contribution >= 4 is 52.2 Å². The minimum Gasteiger partial charge on any atom is -0.492 e. The van der Waals surface area contributed by atoms with E-state index in [2.05, 4.69) is 15.5 Å². The largest absolute Gasteiger partial charge is 0.492 e. The van der Waals surface area contributed by atoms with Crippen LogP contribution in [-0.4, -0.2) is 38.0 Å². The number of nitrogens with zero attached hydrogens (tertiary/aromatic N) is 4. The number of ether oxygens (including phenoxy) is 1. The molecule has 1 heterocycles. The molecule has 0 unspecified atom stereocenters. The lowest BCUT2D eigenvalue weighted by Crippen LogP contribution is -2.15. The van der Waals surface area contributed by atoms with E-state index in [1.165, 1.54) is 23.9 Å². The van der Waals surface area contributed by atoms with E-state index in [-0.39, 0.29) is 23.0 Å². The molecule has 0 fully saturated rings. The maximum atomic E-state index is 12.2. The van der Waals surface area contributed by atoms with Crippen molar-refractivity contribution < 1.29 is 14.5 Å². The minimum absolute atomic E-state index is 0.0379. The molecule has 0 aliphatic heterocycles. The highest BCUT2D eigenvalue weighted by Gasteiger charge is 2.16.